The highest BCUT2D eigenvalue weighted by Gasteiger charge is 2.28. The lowest BCUT2D eigenvalue weighted by Crippen LogP contribution is -2.30. The third-order valence-corrected chi connectivity index (χ3v) is 4.00. The van der Waals surface area contributed by atoms with Gasteiger partial charge in [0, 0.05) is 12.1 Å². The van der Waals surface area contributed by atoms with Crippen molar-refractivity contribution in [3.8, 4) is 0 Å². The van der Waals surface area contributed by atoms with Gasteiger partial charge in [-0.15, -0.1) is 0 Å². The van der Waals surface area contributed by atoms with E-state index in [0.717, 1.165) is 50.3 Å². The number of hydrogen-bond donors (Lipinski definition) is 0. The zero-order valence-corrected chi connectivity index (χ0v) is 11.9. The minimum Gasteiger partial charge on any atom is -0.458 e. The van der Waals surface area contributed by atoms with Crippen LogP contribution in [0.4, 0.5) is 10.1 Å². The van der Waals surface area contributed by atoms with Crippen LogP contribution in [-0.2, 0) is 4.74 Å². The molecule has 0 aliphatic heterocycles. The normalized spacial score (nSPS) is 21.8. The quantitative estimate of drug-likeness (QED) is 0.480. The van der Waals surface area contributed by atoms with E-state index >= 15 is 0 Å². The second-order valence-electron chi connectivity index (χ2n) is 5.32. The fourth-order valence-corrected chi connectivity index (χ4v) is 2.78. The molecule has 1 fully saturated rings. The number of nitro groups is 1. The molecule has 1 aliphatic rings. The SMILES string of the molecule is CCC1CCCCC1OC(=O)c1cc([N+](=O)[O-])ccc1F. The standard InChI is InChI=1S/C15H18FNO4/c1-2-10-5-3-4-6-14(10)21-15(18)12-9-11(17(19)20)7-8-13(12)16/h7-10,14H,2-6H2,1H3. The number of non-ortho nitro benzene ring substituents is 1. The smallest absolute Gasteiger partial charge is 0.341 e. The minimum atomic E-state index is -0.818. The van der Waals surface area contributed by atoms with E-state index in [2.05, 4.69) is 0 Å². The van der Waals surface area contributed by atoms with Crippen LogP contribution < -0.4 is 0 Å². The highest BCUT2D eigenvalue weighted by molar-refractivity contribution is 5.90. The topological polar surface area (TPSA) is 69.4 Å². The molecule has 1 aromatic carbocycles. The molecule has 1 aliphatic carbocycles. The lowest BCUT2D eigenvalue weighted by Gasteiger charge is -2.30. The first kappa shape index (κ1) is 15.4. The van der Waals surface area contributed by atoms with Crippen molar-refractivity contribution in [1.29, 1.82) is 0 Å². The summed E-state index contributed by atoms with van der Waals surface area (Å²) < 4.78 is 19.1. The van der Waals surface area contributed by atoms with Gasteiger partial charge in [-0.1, -0.05) is 13.3 Å². The summed E-state index contributed by atoms with van der Waals surface area (Å²) in [5, 5.41) is 10.7. The second kappa shape index (κ2) is 6.65. The van der Waals surface area contributed by atoms with Gasteiger partial charge in [0.25, 0.3) is 5.69 Å². The first-order valence-corrected chi connectivity index (χ1v) is 7.17. The Kier molecular flexibility index (Phi) is 4.88. The summed E-state index contributed by atoms with van der Waals surface area (Å²) >= 11 is 0. The van der Waals surface area contributed by atoms with E-state index in [0.29, 0.717) is 0 Å². The van der Waals surface area contributed by atoms with Crippen molar-refractivity contribution in [2.45, 2.75) is 45.1 Å². The van der Waals surface area contributed by atoms with E-state index in [4.69, 9.17) is 4.74 Å². The van der Waals surface area contributed by atoms with Gasteiger partial charge in [0.15, 0.2) is 0 Å². The van der Waals surface area contributed by atoms with Gasteiger partial charge in [-0.25, -0.2) is 9.18 Å². The fourth-order valence-electron chi connectivity index (χ4n) is 2.78. The summed E-state index contributed by atoms with van der Waals surface area (Å²) in [5.41, 5.74) is -0.691. The molecule has 6 heteroatoms. The molecule has 1 aromatic rings. The number of hydrogen-bond acceptors (Lipinski definition) is 4. The summed E-state index contributed by atoms with van der Waals surface area (Å²) in [6, 6.07) is 2.88. The number of ether oxygens (including phenoxy) is 1. The van der Waals surface area contributed by atoms with E-state index in [1.165, 1.54) is 0 Å². The molecule has 2 rings (SSSR count). The molecule has 5 nitrogen and oxygen atoms in total. The molecule has 0 saturated heterocycles. The van der Waals surface area contributed by atoms with Crippen LogP contribution in [0, 0.1) is 21.8 Å². The van der Waals surface area contributed by atoms with Crippen molar-refractivity contribution in [3.05, 3.63) is 39.7 Å². The first-order valence-electron chi connectivity index (χ1n) is 7.17. The Morgan fingerprint density at radius 1 is 1.43 bits per heavy atom. The Bertz CT molecular complexity index is 546. The summed E-state index contributed by atoms with van der Waals surface area (Å²) in [7, 11) is 0. The molecule has 0 N–H and O–H groups in total. The molecule has 0 radical (unpaired) electrons. The van der Waals surface area contributed by atoms with Crippen LogP contribution in [0.2, 0.25) is 0 Å². The Hall–Kier alpha value is -1.98. The van der Waals surface area contributed by atoms with E-state index < -0.39 is 16.7 Å². The van der Waals surface area contributed by atoms with Crippen molar-refractivity contribution >= 4 is 11.7 Å². The highest BCUT2D eigenvalue weighted by atomic mass is 19.1. The summed E-state index contributed by atoms with van der Waals surface area (Å²) in [6.07, 6.45) is 4.51. The van der Waals surface area contributed by atoms with Gasteiger partial charge in [-0.05, 0) is 37.7 Å². The molecule has 1 saturated carbocycles. The van der Waals surface area contributed by atoms with Crippen LogP contribution in [0.25, 0.3) is 0 Å². The van der Waals surface area contributed by atoms with Crippen LogP contribution in [0.3, 0.4) is 0 Å². The van der Waals surface area contributed by atoms with E-state index in [1.807, 2.05) is 6.92 Å². The monoisotopic (exact) mass is 295 g/mol. The maximum atomic E-state index is 13.7. The number of esters is 1. The molecular weight excluding hydrogens is 277 g/mol. The van der Waals surface area contributed by atoms with Crippen molar-refractivity contribution in [2.24, 2.45) is 5.92 Å². The number of halogens is 1. The average Bonchev–Trinajstić information content (AvgIpc) is 2.47. The van der Waals surface area contributed by atoms with Crippen molar-refractivity contribution < 1.29 is 18.8 Å². The van der Waals surface area contributed by atoms with Crippen molar-refractivity contribution in [1.82, 2.24) is 0 Å². The predicted molar refractivity (Wildman–Crippen MR) is 74.5 cm³/mol. The molecule has 21 heavy (non-hydrogen) atoms. The number of carbonyl (C=O) groups excluding carboxylic acids is 1. The molecule has 2 unspecified atom stereocenters. The third kappa shape index (κ3) is 3.56. The largest absolute Gasteiger partial charge is 0.458 e. The predicted octanol–water partition coefficient (Wildman–Crippen LogP) is 3.86. The maximum Gasteiger partial charge on any atom is 0.341 e. The zero-order valence-electron chi connectivity index (χ0n) is 11.9. The van der Waals surface area contributed by atoms with Gasteiger partial charge >= 0.3 is 5.97 Å². The van der Waals surface area contributed by atoms with Crippen LogP contribution in [0.5, 0.6) is 0 Å². The van der Waals surface area contributed by atoms with Crippen molar-refractivity contribution in [3.63, 3.8) is 0 Å². The first-order chi connectivity index (χ1) is 10.0. The lowest BCUT2D eigenvalue weighted by atomic mass is 9.85. The number of rotatable bonds is 4. The summed E-state index contributed by atoms with van der Waals surface area (Å²) in [5.74, 6) is -1.33. The number of nitrogens with zero attached hydrogens (tertiary/aromatic N) is 1. The second-order valence-corrected chi connectivity index (χ2v) is 5.32. The van der Waals surface area contributed by atoms with Gasteiger partial charge in [-0.3, -0.25) is 10.1 Å². The fraction of sp³-hybridized carbons (Fsp3) is 0.533. The molecule has 0 aromatic heterocycles. The third-order valence-electron chi connectivity index (χ3n) is 4.00. The Morgan fingerprint density at radius 3 is 2.81 bits per heavy atom. The van der Waals surface area contributed by atoms with Gasteiger partial charge in [0.05, 0.1) is 4.92 Å². The van der Waals surface area contributed by atoms with Crippen LogP contribution >= 0.6 is 0 Å². The molecule has 0 heterocycles. The van der Waals surface area contributed by atoms with E-state index in [1.54, 1.807) is 0 Å². The molecule has 0 amide bonds. The van der Waals surface area contributed by atoms with Gasteiger partial charge < -0.3 is 4.74 Å². The molecular formula is C15H18FNO4. The Balaban J connectivity index is 2.16. The van der Waals surface area contributed by atoms with Crippen LogP contribution in [-0.4, -0.2) is 17.0 Å². The van der Waals surface area contributed by atoms with Crippen molar-refractivity contribution in [2.75, 3.05) is 0 Å². The molecule has 0 bridgehead atoms. The molecule has 114 valence electrons. The average molecular weight is 295 g/mol. The Morgan fingerprint density at radius 2 is 2.14 bits per heavy atom. The maximum absolute atomic E-state index is 13.7. The number of carbonyl (C=O) groups is 1. The highest BCUT2D eigenvalue weighted by Crippen LogP contribution is 2.30. The van der Waals surface area contributed by atoms with E-state index in [-0.39, 0.29) is 23.3 Å². The number of nitro benzene ring substituents is 1. The summed E-state index contributed by atoms with van der Waals surface area (Å²) in [4.78, 5) is 22.1. The number of benzene rings is 1. The van der Waals surface area contributed by atoms with Crippen LogP contribution in [0.15, 0.2) is 18.2 Å². The lowest BCUT2D eigenvalue weighted by molar-refractivity contribution is -0.384. The summed E-state index contributed by atoms with van der Waals surface area (Å²) in [6.45, 7) is 2.03. The minimum absolute atomic E-state index is 0.227. The van der Waals surface area contributed by atoms with Gasteiger partial charge in [0.2, 0.25) is 0 Å². The molecule has 0 spiro atoms. The Labute approximate surface area is 122 Å². The van der Waals surface area contributed by atoms with E-state index in [9.17, 15) is 19.3 Å². The zero-order chi connectivity index (χ0) is 15.4. The van der Waals surface area contributed by atoms with Gasteiger partial charge in [-0.2, -0.15) is 0 Å². The molecule has 2 atom stereocenters. The van der Waals surface area contributed by atoms with Gasteiger partial charge in [0.1, 0.15) is 17.5 Å². The van der Waals surface area contributed by atoms with Crippen LogP contribution in [0.1, 0.15) is 49.4 Å².